The van der Waals surface area contributed by atoms with E-state index < -0.39 is 0 Å². The molecule has 0 amide bonds. The third-order valence-corrected chi connectivity index (χ3v) is 3.05. The minimum atomic E-state index is 0.226. The SMILES string of the molecule is CCn1c(C)cc2ccc(CC(C)N)cc21. The van der Waals surface area contributed by atoms with Crippen LogP contribution < -0.4 is 5.73 Å². The third kappa shape index (κ3) is 1.98. The van der Waals surface area contributed by atoms with Crippen LogP contribution in [0.1, 0.15) is 25.1 Å². The summed E-state index contributed by atoms with van der Waals surface area (Å²) in [5.74, 6) is 0. The molecule has 0 saturated carbocycles. The van der Waals surface area contributed by atoms with Gasteiger partial charge in [0.25, 0.3) is 0 Å². The number of benzene rings is 1. The quantitative estimate of drug-likeness (QED) is 0.840. The van der Waals surface area contributed by atoms with Crippen LogP contribution in [0.2, 0.25) is 0 Å². The Labute approximate surface area is 97.1 Å². The van der Waals surface area contributed by atoms with Crippen LogP contribution in [0.4, 0.5) is 0 Å². The summed E-state index contributed by atoms with van der Waals surface area (Å²) in [5.41, 5.74) is 9.83. The molecule has 2 aromatic rings. The van der Waals surface area contributed by atoms with E-state index in [9.17, 15) is 0 Å². The lowest BCUT2D eigenvalue weighted by atomic mass is 10.1. The third-order valence-electron chi connectivity index (χ3n) is 3.05. The van der Waals surface area contributed by atoms with Crippen molar-refractivity contribution in [2.75, 3.05) is 0 Å². The smallest absolute Gasteiger partial charge is 0.0485 e. The molecule has 86 valence electrons. The van der Waals surface area contributed by atoms with E-state index in [1.54, 1.807) is 0 Å². The van der Waals surface area contributed by atoms with Crippen molar-refractivity contribution in [3.63, 3.8) is 0 Å². The van der Waals surface area contributed by atoms with E-state index in [0.29, 0.717) is 0 Å². The summed E-state index contributed by atoms with van der Waals surface area (Å²) in [6.07, 6.45) is 0.948. The Morgan fingerprint density at radius 2 is 2.06 bits per heavy atom. The molecule has 16 heavy (non-hydrogen) atoms. The van der Waals surface area contributed by atoms with Crippen LogP contribution in [0.3, 0.4) is 0 Å². The first kappa shape index (κ1) is 11.2. The number of nitrogens with two attached hydrogens (primary N) is 1. The highest BCUT2D eigenvalue weighted by atomic mass is 15.0. The fraction of sp³-hybridized carbons (Fsp3) is 0.429. The van der Waals surface area contributed by atoms with Crippen molar-refractivity contribution in [2.45, 2.75) is 39.8 Å². The van der Waals surface area contributed by atoms with Crippen LogP contribution in [0, 0.1) is 6.92 Å². The molecule has 0 aliphatic rings. The van der Waals surface area contributed by atoms with Crippen molar-refractivity contribution in [1.29, 1.82) is 0 Å². The fourth-order valence-corrected chi connectivity index (χ4v) is 2.36. The van der Waals surface area contributed by atoms with Gasteiger partial charge in [-0.1, -0.05) is 12.1 Å². The molecular weight excluding hydrogens is 196 g/mol. The van der Waals surface area contributed by atoms with Gasteiger partial charge in [-0.2, -0.15) is 0 Å². The molecule has 0 bridgehead atoms. The van der Waals surface area contributed by atoms with Gasteiger partial charge in [0, 0.05) is 23.8 Å². The van der Waals surface area contributed by atoms with Crippen molar-refractivity contribution >= 4 is 10.9 Å². The minimum absolute atomic E-state index is 0.226. The summed E-state index contributed by atoms with van der Waals surface area (Å²) in [7, 11) is 0. The molecule has 1 aromatic heterocycles. The Bertz CT molecular complexity index is 495. The molecule has 0 fully saturated rings. The van der Waals surface area contributed by atoms with E-state index in [0.717, 1.165) is 13.0 Å². The number of aryl methyl sites for hydroxylation is 2. The highest BCUT2D eigenvalue weighted by molar-refractivity contribution is 5.82. The maximum absolute atomic E-state index is 5.84. The molecule has 1 heterocycles. The molecule has 0 saturated heterocycles. The maximum Gasteiger partial charge on any atom is 0.0485 e. The van der Waals surface area contributed by atoms with Crippen LogP contribution in [-0.2, 0) is 13.0 Å². The van der Waals surface area contributed by atoms with E-state index in [2.05, 4.69) is 42.7 Å². The first-order valence-corrected chi connectivity index (χ1v) is 5.96. The average molecular weight is 216 g/mol. The number of rotatable bonds is 3. The van der Waals surface area contributed by atoms with Gasteiger partial charge < -0.3 is 10.3 Å². The Morgan fingerprint density at radius 1 is 1.31 bits per heavy atom. The summed E-state index contributed by atoms with van der Waals surface area (Å²) in [6.45, 7) is 7.42. The Kier molecular flexibility index (Phi) is 3.01. The Morgan fingerprint density at radius 3 is 2.69 bits per heavy atom. The lowest BCUT2D eigenvalue weighted by molar-refractivity contribution is 0.736. The molecule has 2 heteroatoms. The highest BCUT2D eigenvalue weighted by Crippen LogP contribution is 2.21. The van der Waals surface area contributed by atoms with Crippen molar-refractivity contribution < 1.29 is 0 Å². The van der Waals surface area contributed by atoms with Crippen LogP contribution in [0.5, 0.6) is 0 Å². The molecule has 1 atom stereocenters. The van der Waals surface area contributed by atoms with E-state index in [4.69, 9.17) is 5.73 Å². The molecular formula is C14H20N2. The molecule has 0 spiro atoms. The van der Waals surface area contributed by atoms with Crippen molar-refractivity contribution in [1.82, 2.24) is 4.57 Å². The van der Waals surface area contributed by atoms with E-state index in [-0.39, 0.29) is 6.04 Å². The Hall–Kier alpha value is -1.28. The molecule has 0 radical (unpaired) electrons. The van der Waals surface area contributed by atoms with Gasteiger partial charge in [-0.05, 0) is 50.3 Å². The van der Waals surface area contributed by atoms with Crippen molar-refractivity contribution in [3.05, 3.63) is 35.5 Å². The van der Waals surface area contributed by atoms with Crippen molar-refractivity contribution in [3.8, 4) is 0 Å². The van der Waals surface area contributed by atoms with E-state index >= 15 is 0 Å². The average Bonchev–Trinajstić information content (AvgIpc) is 2.52. The van der Waals surface area contributed by atoms with Gasteiger partial charge in [0.1, 0.15) is 0 Å². The zero-order valence-corrected chi connectivity index (χ0v) is 10.3. The van der Waals surface area contributed by atoms with Gasteiger partial charge in [0.2, 0.25) is 0 Å². The maximum atomic E-state index is 5.84. The predicted octanol–water partition coefficient (Wildman–Crippen LogP) is 2.86. The normalized spacial score (nSPS) is 13.2. The van der Waals surface area contributed by atoms with Gasteiger partial charge in [0.15, 0.2) is 0 Å². The van der Waals surface area contributed by atoms with Gasteiger partial charge in [-0.25, -0.2) is 0 Å². The highest BCUT2D eigenvalue weighted by Gasteiger charge is 2.05. The lowest BCUT2D eigenvalue weighted by Gasteiger charge is -2.08. The molecule has 1 aromatic carbocycles. The van der Waals surface area contributed by atoms with E-state index in [1.165, 1.54) is 22.2 Å². The monoisotopic (exact) mass is 216 g/mol. The molecule has 2 N–H and O–H groups in total. The second-order valence-corrected chi connectivity index (χ2v) is 4.60. The number of nitrogens with zero attached hydrogens (tertiary/aromatic N) is 1. The standard InChI is InChI=1S/C14H20N2/c1-4-16-11(3)8-13-6-5-12(7-10(2)15)9-14(13)16/h5-6,8-10H,4,7,15H2,1-3H3. The Balaban J connectivity index is 2.50. The number of aromatic nitrogens is 1. The summed E-state index contributed by atoms with van der Waals surface area (Å²) in [4.78, 5) is 0. The zero-order chi connectivity index (χ0) is 11.7. The summed E-state index contributed by atoms with van der Waals surface area (Å²) < 4.78 is 2.35. The summed E-state index contributed by atoms with van der Waals surface area (Å²) in [5, 5.41) is 1.33. The number of fused-ring (bicyclic) bond motifs is 1. The van der Waals surface area contributed by atoms with E-state index in [1.807, 2.05) is 6.92 Å². The van der Waals surface area contributed by atoms with Gasteiger partial charge in [-0.15, -0.1) is 0 Å². The number of hydrogen-bond acceptors (Lipinski definition) is 1. The lowest BCUT2D eigenvalue weighted by Crippen LogP contribution is -2.17. The molecule has 0 aliphatic heterocycles. The predicted molar refractivity (Wildman–Crippen MR) is 69.7 cm³/mol. The van der Waals surface area contributed by atoms with Crippen molar-refractivity contribution in [2.24, 2.45) is 5.73 Å². The largest absolute Gasteiger partial charge is 0.345 e. The fourth-order valence-electron chi connectivity index (χ4n) is 2.36. The summed E-state index contributed by atoms with van der Waals surface area (Å²) in [6, 6.07) is 9.13. The molecule has 1 unspecified atom stereocenters. The molecule has 2 rings (SSSR count). The minimum Gasteiger partial charge on any atom is -0.345 e. The topological polar surface area (TPSA) is 30.9 Å². The van der Waals surface area contributed by atoms with Gasteiger partial charge in [0.05, 0.1) is 0 Å². The summed E-state index contributed by atoms with van der Waals surface area (Å²) >= 11 is 0. The molecule has 2 nitrogen and oxygen atoms in total. The van der Waals surface area contributed by atoms with Gasteiger partial charge >= 0.3 is 0 Å². The van der Waals surface area contributed by atoms with Crippen LogP contribution in [0.25, 0.3) is 10.9 Å². The van der Waals surface area contributed by atoms with Gasteiger partial charge in [-0.3, -0.25) is 0 Å². The first-order chi connectivity index (χ1) is 7.61. The zero-order valence-electron chi connectivity index (χ0n) is 10.3. The van der Waals surface area contributed by atoms with Crippen LogP contribution in [-0.4, -0.2) is 10.6 Å². The first-order valence-electron chi connectivity index (χ1n) is 5.96. The molecule has 0 aliphatic carbocycles. The second-order valence-electron chi connectivity index (χ2n) is 4.60. The van der Waals surface area contributed by atoms with Crippen LogP contribution in [0.15, 0.2) is 24.3 Å². The number of hydrogen-bond donors (Lipinski definition) is 1. The second kappa shape index (κ2) is 4.30. The van der Waals surface area contributed by atoms with Crippen LogP contribution >= 0.6 is 0 Å².